The van der Waals surface area contributed by atoms with E-state index in [1.54, 1.807) is 14.2 Å². The van der Waals surface area contributed by atoms with Crippen molar-refractivity contribution in [2.75, 3.05) is 14.2 Å². The zero-order chi connectivity index (χ0) is 14.4. The largest absolute Gasteiger partial charge is 0.497 e. The number of benzene rings is 1. The summed E-state index contributed by atoms with van der Waals surface area (Å²) in [4.78, 5) is 0. The second-order valence-electron chi connectivity index (χ2n) is 5.36. The van der Waals surface area contributed by atoms with Gasteiger partial charge in [0.25, 0.3) is 0 Å². The van der Waals surface area contributed by atoms with Gasteiger partial charge in [0, 0.05) is 11.6 Å². The van der Waals surface area contributed by atoms with E-state index in [-0.39, 0.29) is 6.04 Å². The first kappa shape index (κ1) is 15.8. The SMILES string of the molecule is COc1ccc(C(NN)C(C)CC(C)C)c(OC)c1. The zero-order valence-corrected chi connectivity index (χ0v) is 12.6. The van der Waals surface area contributed by atoms with Gasteiger partial charge >= 0.3 is 0 Å². The number of nitrogens with two attached hydrogens (primary N) is 1. The molecule has 0 spiro atoms. The molecule has 0 heterocycles. The molecule has 2 unspecified atom stereocenters. The molecule has 1 aromatic carbocycles. The van der Waals surface area contributed by atoms with E-state index in [1.807, 2.05) is 18.2 Å². The molecule has 0 saturated heterocycles. The lowest BCUT2D eigenvalue weighted by Crippen LogP contribution is -2.33. The number of hydrazine groups is 1. The summed E-state index contributed by atoms with van der Waals surface area (Å²) < 4.78 is 10.7. The first-order chi connectivity index (χ1) is 9.03. The highest BCUT2D eigenvalue weighted by Gasteiger charge is 2.22. The van der Waals surface area contributed by atoms with E-state index < -0.39 is 0 Å². The molecule has 3 N–H and O–H groups in total. The van der Waals surface area contributed by atoms with E-state index in [0.717, 1.165) is 23.5 Å². The van der Waals surface area contributed by atoms with E-state index >= 15 is 0 Å². The number of hydrogen-bond donors (Lipinski definition) is 2. The van der Waals surface area contributed by atoms with Crippen LogP contribution in [-0.2, 0) is 0 Å². The van der Waals surface area contributed by atoms with Gasteiger partial charge in [-0.15, -0.1) is 0 Å². The second kappa shape index (κ2) is 7.36. The lowest BCUT2D eigenvalue weighted by atomic mass is 9.88. The standard InChI is InChI=1S/C15H26N2O2/c1-10(2)8-11(3)15(17-16)13-7-6-12(18-4)9-14(13)19-5/h6-7,9-11,15,17H,8,16H2,1-5H3. The maximum absolute atomic E-state index is 5.74. The van der Waals surface area contributed by atoms with Crippen molar-refractivity contribution in [3.05, 3.63) is 23.8 Å². The van der Waals surface area contributed by atoms with Gasteiger partial charge in [-0.3, -0.25) is 11.3 Å². The molecule has 1 rings (SSSR count). The summed E-state index contributed by atoms with van der Waals surface area (Å²) in [5.74, 6) is 8.39. The van der Waals surface area contributed by atoms with Crippen LogP contribution in [0.15, 0.2) is 18.2 Å². The van der Waals surface area contributed by atoms with Crippen LogP contribution in [0.3, 0.4) is 0 Å². The van der Waals surface area contributed by atoms with Crippen molar-refractivity contribution in [2.45, 2.75) is 33.2 Å². The van der Waals surface area contributed by atoms with Gasteiger partial charge in [-0.05, 0) is 24.3 Å². The first-order valence-corrected chi connectivity index (χ1v) is 6.71. The van der Waals surface area contributed by atoms with Crippen molar-refractivity contribution < 1.29 is 9.47 Å². The van der Waals surface area contributed by atoms with Gasteiger partial charge in [0.1, 0.15) is 11.5 Å². The van der Waals surface area contributed by atoms with Crippen molar-refractivity contribution >= 4 is 0 Å². The molecule has 0 saturated carbocycles. The van der Waals surface area contributed by atoms with Gasteiger partial charge in [-0.25, -0.2) is 0 Å². The molecule has 108 valence electrons. The topological polar surface area (TPSA) is 56.5 Å². The van der Waals surface area contributed by atoms with Gasteiger partial charge in [0.15, 0.2) is 0 Å². The Balaban J connectivity index is 3.03. The van der Waals surface area contributed by atoms with Gasteiger partial charge in [-0.2, -0.15) is 0 Å². The Labute approximate surface area is 116 Å². The van der Waals surface area contributed by atoms with Crippen LogP contribution in [0.1, 0.15) is 38.8 Å². The van der Waals surface area contributed by atoms with Crippen molar-refractivity contribution in [1.82, 2.24) is 5.43 Å². The smallest absolute Gasteiger partial charge is 0.127 e. The third kappa shape index (κ3) is 4.11. The van der Waals surface area contributed by atoms with E-state index in [9.17, 15) is 0 Å². The molecule has 0 aliphatic heterocycles. The highest BCUT2D eigenvalue weighted by Crippen LogP contribution is 2.34. The normalized spacial score (nSPS) is 14.3. The maximum atomic E-state index is 5.74. The summed E-state index contributed by atoms with van der Waals surface area (Å²) >= 11 is 0. The Morgan fingerprint density at radius 1 is 1.16 bits per heavy atom. The molecule has 2 atom stereocenters. The van der Waals surface area contributed by atoms with Crippen molar-refractivity contribution in [3.8, 4) is 11.5 Å². The molecule has 0 radical (unpaired) electrons. The van der Waals surface area contributed by atoms with Crippen molar-refractivity contribution in [2.24, 2.45) is 17.7 Å². The average molecular weight is 266 g/mol. The van der Waals surface area contributed by atoms with Crippen molar-refractivity contribution in [3.63, 3.8) is 0 Å². The molecule has 0 aliphatic rings. The highest BCUT2D eigenvalue weighted by molar-refractivity contribution is 5.42. The minimum absolute atomic E-state index is 0.0725. The van der Waals surface area contributed by atoms with Crippen LogP contribution >= 0.6 is 0 Å². The highest BCUT2D eigenvalue weighted by atomic mass is 16.5. The molecule has 4 nitrogen and oxygen atoms in total. The summed E-state index contributed by atoms with van der Waals surface area (Å²) in [6, 6.07) is 5.91. The van der Waals surface area contributed by atoms with Crippen LogP contribution < -0.4 is 20.7 Å². The van der Waals surface area contributed by atoms with Crippen LogP contribution in [-0.4, -0.2) is 14.2 Å². The predicted molar refractivity (Wildman–Crippen MR) is 78.2 cm³/mol. The van der Waals surface area contributed by atoms with Crippen LogP contribution in [0.4, 0.5) is 0 Å². The summed E-state index contributed by atoms with van der Waals surface area (Å²) in [6.45, 7) is 6.64. The number of ether oxygens (including phenoxy) is 2. The molecule has 1 aromatic rings. The van der Waals surface area contributed by atoms with Gasteiger partial charge < -0.3 is 9.47 Å². The van der Waals surface area contributed by atoms with E-state index in [1.165, 1.54) is 0 Å². The van der Waals surface area contributed by atoms with Crippen LogP contribution in [0.25, 0.3) is 0 Å². The molecule has 0 aromatic heterocycles. The fourth-order valence-electron chi connectivity index (χ4n) is 2.52. The van der Waals surface area contributed by atoms with E-state index in [4.69, 9.17) is 15.3 Å². The van der Waals surface area contributed by atoms with E-state index in [0.29, 0.717) is 11.8 Å². The summed E-state index contributed by atoms with van der Waals surface area (Å²) in [5, 5.41) is 0. The first-order valence-electron chi connectivity index (χ1n) is 6.71. The molecule has 0 aliphatic carbocycles. The summed E-state index contributed by atoms with van der Waals surface area (Å²) in [6.07, 6.45) is 1.10. The maximum Gasteiger partial charge on any atom is 0.127 e. The molecular formula is C15H26N2O2. The van der Waals surface area contributed by atoms with Crippen LogP contribution in [0.5, 0.6) is 11.5 Å². The van der Waals surface area contributed by atoms with Gasteiger partial charge in [0.2, 0.25) is 0 Å². The predicted octanol–water partition coefficient (Wildman–Crippen LogP) is 2.89. The number of hydrogen-bond acceptors (Lipinski definition) is 4. The molecule has 0 amide bonds. The van der Waals surface area contributed by atoms with Gasteiger partial charge in [-0.1, -0.05) is 26.8 Å². The number of methoxy groups -OCH3 is 2. The Hall–Kier alpha value is -1.26. The van der Waals surface area contributed by atoms with Gasteiger partial charge in [0.05, 0.1) is 20.3 Å². The Morgan fingerprint density at radius 2 is 1.84 bits per heavy atom. The Morgan fingerprint density at radius 3 is 2.32 bits per heavy atom. The van der Waals surface area contributed by atoms with E-state index in [2.05, 4.69) is 26.2 Å². The molecule has 4 heteroatoms. The monoisotopic (exact) mass is 266 g/mol. The third-order valence-corrected chi connectivity index (χ3v) is 3.37. The van der Waals surface area contributed by atoms with Crippen LogP contribution in [0.2, 0.25) is 0 Å². The molecule has 19 heavy (non-hydrogen) atoms. The number of rotatable bonds is 7. The molecule has 0 bridgehead atoms. The minimum Gasteiger partial charge on any atom is -0.497 e. The lowest BCUT2D eigenvalue weighted by molar-refractivity contribution is 0.318. The quantitative estimate of drug-likeness (QED) is 0.588. The fraction of sp³-hybridized carbons (Fsp3) is 0.600. The van der Waals surface area contributed by atoms with Crippen molar-refractivity contribution in [1.29, 1.82) is 0 Å². The average Bonchev–Trinajstić information content (AvgIpc) is 2.39. The Kier molecular flexibility index (Phi) is 6.12. The molecular weight excluding hydrogens is 240 g/mol. The number of nitrogens with one attached hydrogen (secondary N) is 1. The van der Waals surface area contributed by atoms with Crippen LogP contribution in [0, 0.1) is 11.8 Å². The minimum atomic E-state index is 0.0725. The third-order valence-electron chi connectivity index (χ3n) is 3.37. The fourth-order valence-corrected chi connectivity index (χ4v) is 2.52. The lowest BCUT2D eigenvalue weighted by Gasteiger charge is -2.26. The second-order valence-corrected chi connectivity index (χ2v) is 5.36. The zero-order valence-electron chi connectivity index (χ0n) is 12.6. The Bertz CT molecular complexity index is 394. The molecule has 0 fully saturated rings. The summed E-state index contributed by atoms with van der Waals surface area (Å²) in [5.41, 5.74) is 3.98. The summed E-state index contributed by atoms with van der Waals surface area (Å²) in [7, 11) is 3.31.